The maximum absolute atomic E-state index is 14.2. The van der Waals surface area contributed by atoms with Gasteiger partial charge in [0.1, 0.15) is 16.7 Å². The highest BCUT2D eigenvalue weighted by molar-refractivity contribution is 6.32. The minimum absolute atomic E-state index is 0.157. The van der Waals surface area contributed by atoms with E-state index in [4.69, 9.17) is 16.3 Å². The standard InChI is InChI=1S/C29H36ClF3N4O4/c1-3-41-22-6-4-5-21(18-22)28(40,29(31,32)33)27(39)37-15-11-20(12-16-37)17-19-9-13-36(14-10-19)24-8-7-23(25(30)35-24)26(38)34-2/h4-8,18-20,40H,3,9-17H2,1-2H3,(H,34,38). The van der Waals surface area contributed by atoms with Crippen molar-refractivity contribution < 1.29 is 32.6 Å². The molecule has 224 valence electrons. The predicted molar refractivity (Wildman–Crippen MR) is 149 cm³/mol. The van der Waals surface area contributed by atoms with Gasteiger partial charge in [-0.1, -0.05) is 23.7 Å². The average molecular weight is 597 g/mol. The maximum Gasteiger partial charge on any atom is 0.430 e. The smallest absolute Gasteiger partial charge is 0.430 e. The predicted octanol–water partition coefficient (Wildman–Crippen LogP) is 4.79. The van der Waals surface area contributed by atoms with E-state index in [0.29, 0.717) is 24.3 Å². The first-order chi connectivity index (χ1) is 19.5. The van der Waals surface area contributed by atoms with Gasteiger partial charge in [0.15, 0.2) is 0 Å². The lowest BCUT2D eigenvalue weighted by Crippen LogP contribution is -2.57. The Morgan fingerprint density at radius 3 is 2.27 bits per heavy atom. The summed E-state index contributed by atoms with van der Waals surface area (Å²) in [5.41, 5.74) is -3.87. The number of hydrogen-bond acceptors (Lipinski definition) is 6. The van der Waals surface area contributed by atoms with Gasteiger partial charge in [-0.25, -0.2) is 4.98 Å². The second kappa shape index (κ2) is 12.9. The molecule has 8 nitrogen and oxygen atoms in total. The summed E-state index contributed by atoms with van der Waals surface area (Å²) in [6.45, 7) is 3.82. The number of rotatable bonds is 8. The second-order valence-electron chi connectivity index (χ2n) is 10.7. The third-order valence-electron chi connectivity index (χ3n) is 8.10. The molecule has 0 bridgehead atoms. The summed E-state index contributed by atoms with van der Waals surface area (Å²) in [6, 6.07) is 8.46. The van der Waals surface area contributed by atoms with Crippen molar-refractivity contribution in [3.05, 3.63) is 52.7 Å². The molecule has 0 radical (unpaired) electrons. The van der Waals surface area contributed by atoms with E-state index in [0.717, 1.165) is 55.2 Å². The van der Waals surface area contributed by atoms with Crippen LogP contribution in [0.25, 0.3) is 0 Å². The van der Waals surface area contributed by atoms with Crippen LogP contribution in [0, 0.1) is 11.8 Å². The van der Waals surface area contributed by atoms with Gasteiger partial charge in [0, 0.05) is 38.8 Å². The molecule has 2 N–H and O–H groups in total. The van der Waals surface area contributed by atoms with Crippen LogP contribution in [0.3, 0.4) is 0 Å². The number of aromatic nitrogens is 1. The number of alkyl halides is 3. The van der Waals surface area contributed by atoms with E-state index in [-0.39, 0.29) is 42.4 Å². The van der Waals surface area contributed by atoms with Gasteiger partial charge in [-0.3, -0.25) is 9.59 Å². The lowest BCUT2D eigenvalue weighted by atomic mass is 9.82. The molecule has 3 heterocycles. The van der Waals surface area contributed by atoms with Crippen LogP contribution in [0.1, 0.15) is 54.9 Å². The largest absolute Gasteiger partial charge is 0.494 e. The molecule has 2 aliphatic heterocycles. The molecular formula is C29H36ClF3N4O4. The molecule has 2 aromatic rings. The van der Waals surface area contributed by atoms with Crippen LogP contribution >= 0.6 is 11.6 Å². The first-order valence-electron chi connectivity index (χ1n) is 13.9. The summed E-state index contributed by atoms with van der Waals surface area (Å²) in [7, 11) is 1.53. The average Bonchev–Trinajstić information content (AvgIpc) is 2.96. The van der Waals surface area contributed by atoms with E-state index in [9.17, 15) is 27.9 Å². The fraction of sp³-hybridized carbons (Fsp3) is 0.552. The zero-order chi connectivity index (χ0) is 29.8. The fourth-order valence-corrected chi connectivity index (χ4v) is 6.00. The number of halogens is 4. The lowest BCUT2D eigenvalue weighted by molar-refractivity contribution is -0.262. The zero-order valence-electron chi connectivity index (χ0n) is 23.2. The first-order valence-corrected chi connectivity index (χ1v) is 14.3. The number of carbonyl (C=O) groups is 2. The Labute approximate surface area is 242 Å². The van der Waals surface area contributed by atoms with Crippen LogP contribution in [0.5, 0.6) is 5.75 Å². The van der Waals surface area contributed by atoms with E-state index in [1.54, 1.807) is 19.1 Å². The van der Waals surface area contributed by atoms with E-state index in [1.165, 1.54) is 19.2 Å². The van der Waals surface area contributed by atoms with Gasteiger partial charge in [0.25, 0.3) is 17.4 Å². The molecule has 2 fully saturated rings. The summed E-state index contributed by atoms with van der Waals surface area (Å²) >= 11 is 6.21. The molecule has 2 amide bonds. The number of benzene rings is 1. The Balaban J connectivity index is 1.32. The Morgan fingerprint density at radius 1 is 1.07 bits per heavy atom. The number of likely N-dealkylation sites (tertiary alicyclic amines) is 1. The summed E-state index contributed by atoms with van der Waals surface area (Å²) < 4.78 is 47.8. The van der Waals surface area contributed by atoms with Gasteiger partial charge in [-0.2, -0.15) is 13.2 Å². The van der Waals surface area contributed by atoms with Gasteiger partial charge in [0.05, 0.1) is 12.2 Å². The maximum atomic E-state index is 14.2. The van der Waals surface area contributed by atoms with E-state index in [2.05, 4.69) is 15.2 Å². The molecule has 1 atom stereocenters. The highest BCUT2D eigenvalue weighted by atomic mass is 35.5. The SMILES string of the molecule is CCOc1cccc(C(O)(C(=O)N2CCC(CC3CCN(c4ccc(C(=O)NC)c(Cl)n4)CC3)CC2)C(F)(F)F)c1. The highest BCUT2D eigenvalue weighted by Crippen LogP contribution is 2.42. The monoisotopic (exact) mass is 596 g/mol. The van der Waals surface area contributed by atoms with Crippen molar-refractivity contribution in [3.63, 3.8) is 0 Å². The molecule has 1 aromatic heterocycles. The number of nitrogens with zero attached hydrogens (tertiary/aromatic N) is 3. The number of piperidine rings is 2. The third kappa shape index (κ3) is 6.72. The summed E-state index contributed by atoms with van der Waals surface area (Å²) in [5.74, 6) is -0.0249. The van der Waals surface area contributed by atoms with Gasteiger partial charge < -0.3 is 25.0 Å². The number of aliphatic hydroxyl groups is 1. The molecule has 1 unspecified atom stereocenters. The fourth-order valence-electron chi connectivity index (χ4n) is 5.76. The van der Waals surface area contributed by atoms with E-state index >= 15 is 0 Å². The Kier molecular flexibility index (Phi) is 9.69. The number of carbonyl (C=O) groups excluding carboxylic acids is 2. The van der Waals surface area contributed by atoms with Crippen LogP contribution in [-0.2, 0) is 10.4 Å². The molecule has 0 aliphatic carbocycles. The van der Waals surface area contributed by atoms with Crippen molar-refractivity contribution in [2.24, 2.45) is 11.8 Å². The Bertz CT molecular complexity index is 1230. The molecule has 2 saturated heterocycles. The summed E-state index contributed by atoms with van der Waals surface area (Å²) in [6.07, 6.45) is -1.24. The van der Waals surface area contributed by atoms with E-state index in [1.807, 2.05) is 0 Å². The molecule has 1 aromatic carbocycles. The quantitative estimate of drug-likeness (QED) is 0.426. The van der Waals surface area contributed by atoms with Crippen molar-refractivity contribution in [1.29, 1.82) is 0 Å². The van der Waals surface area contributed by atoms with E-state index < -0.39 is 23.2 Å². The van der Waals surface area contributed by atoms with Crippen molar-refractivity contribution in [2.45, 2.75) is 50.8 Å². The molecule has 2 aliphatic rings. The lowest BCUT2D eigenvalue weighted by Gasteiger charge is -2.40. The van der Waals surface area contributed by atoms with Crippen LogP contribution < -0.4 is 15.0 Å². The highest BCUT2D eigenvalue weighted by Gasteiger charge is 2.62. The number of anilines is 1. The minimum Gasteiger partial charge on any atom is -0.494 e. The number of ether oxygens (including phenoxy) is 1. The molecule has 41 heavy (non-hydrogen) atoms. The molecule has 12 heteroatoms. The molecular weight excluding hydrogens is 561 g/mol. The van der Waals surface area contributed by atoms with Crippen molar-refractivity contribution in [2.75, 3.05) is 44.7 Å². The first kappa shape index (κ1) is 30.9. The third-order valence-corrected chi connectivity index (χ3v) is 8.38. The van der Waals surface area contributed by atoms with Crippen molar-refractivity contribution in [1.82, 2.24) is 15.2 Å². The molecule has 0 spiro atoms. The summed E-state index contributed by atoms with van der Waals surface area (Å²) in [5, 5.41) is 13.5. The van der Waals surface area contributed by atoms with Crippen LogP contribution in [0.4, 0.5) is 19.0 Å². The zero-order valence-corrected chi connectivity index (χ0v) is 24.0. The molecule has 0 saturated carbocycles. The van der Waals surface area contributed by atoms with Gasteiger partial charge in [-0.15, -0.1) is 0 Å². The van der Waals surface area contributed by atoms with Crippen molar-refractivity contribution >= 4 is 29.2 Å². The van der Waals surface area contributed by atoms with Gasteiger partial charge in [0.2, 0.25) is 0 Å². The second-order valence-corrected chi connectivity index (χ2v) is 11.0. The topological polar surface area (TPSA) is 95.0 Å². The van der Waals surface area contributed by atoms with Crippen LogP contribution in [0.15, 0.2) is 36.4 Å². The van der Waals surface area contributed by atoms with Gasteiger partial charge >= 0.3 is 6.18 Å². The molecule has 4 rings (SSSR count). The summed E-state index contributed by atoms with van der Waals surface area (Å²) in [4.78, 5) is 32.7. The Morgan fingerprint density at radius 2 is 1.71 bits per heavy atom. The van der Waals surface area contributed by atoms with Crippen molar-refractivity contribution in [3.8, 4) is 5.75 Å². The minimum atomic E-state index is -5.19. The van der Waals surface area contributed by atoms with Crippen LogP contribution in [-0.4, -0.2) is 72.8 Å². The Hall–Kier alpha value is -3.05. The number of hydrogen-bond donors (Lipinski definition) is 2. The number of amides is 2. The van der Waals surface area contributed by atoms with Crippen LogP contribution in [0.2, 0.25) is 5.15 Å². The normalized spacial score (nSPS) is 18.6. The number of pyridine rings is 1. The number of nitrogens with one attached hydrogen (secondary N) is 1. The van der Waals surface area contributed by atoms with Gasteiger partial charge in [-0.05, 0) is 75.1 Å².